The van der Waals surface area contributed by atoms with E-state index < -0.39 is 5.92 Å². The number of rotatable bonds is 4. The van der Waals surface area contributed by atoms with Gasteiger partial charge in [0.2, 0.25) is 0 Å². The normalized spacial score (nSPS) is 11.6. The molecule has 0 fully saturated rings. The number of nitrogens with zero attached hydrogens (tertiary/aromatic N) is 1. The molecule has 1 atom stereocenters. The molecule has 0 aliphatic rings. The van der Waals surface area contributed by atoms with Crippen molar-refractivity contribution < 1.29 is 9.53 Å². The molecule has 0 amide bonds. The van der Waals surface area contributed by atoms with Gasteiger partial charge in [-0.3, -0.25) is 4.79 Å². The Morgan fingerprint density at radius 3 is 2.81 bits per heavy atom. The molecule has 0 aliphatic carbocycles. The fourth-order valence-electron chi connectivity index (χ4n) is 1.37. The fraction of sp³-hybridized carbons (Fsp3) is 0.333. The average molecular weight is 282 g/mol. The maximum Gasteiger partial charge on any atom is 0.307 e. The maximum absolute atomic E-state index is 11.3. The number of halogens is 1. The summed E-state index contributed by atoms with van der Waals surface area (Å²) in [5.74, 6) is -0.806. The minimum absolute atomic E-state index is 0.0902. The van der Waals surface area contributed by atoms with Gasteiger partial charge in [0.15, 0.2) is 0 Å². The van der Waals surface area contributed by atoms with Gasteiger partial charge in [-0.1, -0.05) is 34.1 Å². The number of ether oxygens (including phenoxy) is 1. The van der Waals surface area contributed by atoms with Gasteiger partial charge in [0, 0.05) is 4.47 Å². The summed E-state index contributed by atoms with van der Waals surface area (Å²) in [7, 11) is 0. The van der Waals surface area contributed by atoms with Crippen molar-refractivity contribution in [2.45, 2.75) is 19.3 Å². The third-order valence-electron chi connectivity index (χ3n) is 2.11. The van der Waals surface area contributed by atoms with Gasteiger partial charge in [-0.2, -0.15) is 5.26 Å². The van der Waals surface area contributed by atoms with Crippen LogP contribution in [0.4, 0.5) is 0 Å². The van der Waals surface area contributed by atoms with Crippen molar-refractivity contribution in [1.82, 2.24) is 0 Å². The molecule has 1 rings (SSSR count). The van der Waals surface area contributed by atoms with E-state index in [0.717, 1.165) is 10.0 Å². The van der Waals surface area contributed by atoms with E-state index in [1.54, 1.807) is 6.92 Å². The Balaban J connectivity index is 2.80. The molecule has 0 saturated carbocycles. The van der Waals surface area contributed by atoms with Crippen molar-refractivity contribution in [1.29, 1.82) is 5.26 Å². The molecule has 0 bridgehead atoms. The summed E-state index contributed by atoms with van der Waals surface area (Å²) in [5.41, 5.74) is 0.818. The molecule has 84 valence electrons. The molecule has 3 nitrogen and oxygen atoms in total. The Hall–Kier alpha value is -1.34. The highest BCUT2D eigenvalue weighted by Gasteiger charge is 2.18. The number of carbonyl (C=O) groups excluding carboxylic acids is 1. The van der Waals surface area contributed by atoms with Crippen LogP contribution in [0.1, 0.15) is 24.8 Å². The zero-order chi connectivity index (χ0) is 12.0. The van der Waals surface area contributed by atoms with Crippen LogP contribution in [0, 0.1) is 11.3 Å². The molecule has 0 unspecified atom stereocenters. The van der Waals surface area contributed by atoms with Crippen molar-refractivity contribution in [3.63, 3.8) is 0 Å². The molecule has 16 heavy (non-hydrogen) atoms. The largest absolute Gasteiger partial charge is 0.466 e. The van der Waals surface area contributed by atoms with E-state index in [2.05, 4.69) is 22.0 Å². The summed E-state index contributed by atoms with van der Waals surface area (Å²) in [6, 6.07) is 9.51. The van der Waals surface area contributed by atoms with Crippen LogP contribution in [0.15, 0.2) is 28.7 Å². The number of benzene rings is 1. The molecule has 0 spiro atoms. The van der Waals surface area contributed by atoms with E-state index in [9.17, 15) is 4.79 Å². The van der Waals surface area contributed by atoms with E-state index in [-0.39, 0.29) is 12.4 Å². The summed E-state index contributed by atoms with van der Waals surface area (Å²) in [5, 5.41) is 9.04. The van der Waals surface area contributed by atoms with Crippen molar-refractivity contribution in [3.8, 4) is 6.07 Å². The van der Waals surface area contributed by atoms with Crippen molar-refractivity contribution in [2.24, 2.45) is 0 Å². The highest BCUT2D eigenvalue weighted by atomic mass is 79.9. The lowest BCUT2D eigenvalue weighted by Crippen LogP contribution is -2.09. The first-order chi connectivity index (χ1) is 7.69. The average Bonchev–Trinajstić information content (AvgIpc) is 2.27. The summed E-state index contributed by atoms with van der Waals surface area (Å²) in [6.07, 6.45) is 0.0902. The van der Waals surface area contributed by atoms with Gasteiger partial charge in [-0.25, -0.2) is 0 Å². The number of hydrogen-bond acceptors (Lipinski definition) is 3. The molecule has 0 heterocycles. The van der Waals surface area contributed by atoms with Gasteiger partial charge in [0.05, 0.1) is 25.0 Å². The van der Waals surface area contributed by atoms with Crippen molar-refractivity contribution >= 4 is 21.9 Å². The maximum atomic E-state index is 11.3. The van der Waals surface area contributed by atoms with Crippen LogP contribution in [0.25, 0.3) is 0 Å². The molecule has 0 aromatic heterocycles. The molecule has 1 aromatic rings. The van der Waals surface area contributed by atoms with Crippen LogP contribution in [0.5, 0.6) is 0 Å². The van der Waals surface area contributed by atoms with Crippen LogP contribution in [0.3, 0.4) is 0 Å². The molecule has 4 heteroatoms. The van der Waals surface area contributed by atoms with E-state index >= 15 is 0 Å². The summed E-state index contributed by atoms with van der Waals surface area (Å²) >= 11 is 3.36. The minimum Gasteiger partial charge on any atom is -0.466 e. The Labute approximate surface area is 103 Å². The van der Waals surface area contributed by atoms with Crippen LogP contribution in [-0.2, 0) is 9.53 Å². The van der Waals surface area contributed by atoms with Gasteiger partial charge < -0.3 is 4.74 Å². The molecule has 1 aromatic carbocycles. The zero-order valence-corrected chi connectivity index (χ0v) is 10.5. The molecule has 0 aliphatic heterocycles. The third kappa shape index (κ3) is 3.35. The quantitative estimate of drug-likeness (QED) is 0.797. The first kappa shape index (κ1) is 12.7. The van der Waals surface area contributed by atoms with E-state index in [0.29, 0.717) is 6.61 Å². The summed E-state index contributed by atoms with van der Waals surface area (Å²) in [4.78, 5) is 11.3. The Morgan fingerprint density at radius 2 is 2.25 bits per heavy atom. The van der Waals surface area contributed by atoms with Gasteiger partial charge in [-0.05, 0) is 18.6 Å². The van der Waals surface area contributed by atoms with Crippen LogP contribution >= 0.6 is 15.9 Å². The predicted molar refractivity (Wildman–Crippen MR) is 63.7 cm³/mol. The Kier molecular flexibility index (Phi) is 5.00. The first-order valence-electron chi connectivity index (χ1n) is 4.98. The molecule has 0 saturated heterocycles. The monoisotopic (exact) mass is 281 g/mol. The smallest absolute Gasteiger partial charge is 0.307 e. The summed E-state index contributed by atoms with van der Waals surface area (Å²) in [6.45, 7) is 2.09. The molecule has 0 radical (unpaired) electrons. The zero-order valence-electron chi connectivity index (χ0n) is 8.94. The van der Waals surface area contributed by atoms with Crippen LogP contribution in [-0.4, -0.2) is 12.6 Å². The third-order valence-corrected chi connectivity index (χ3v) is 2.83. The van der Waals surface area contributed by atoms with Gasteiger partial charge in [-0.15, -0.1) is 0 Å². The van der Waals surface area contributed by atoms with E-state index in [4.69, 9.17) is 10.00 Å². The Morgan fingerprint density at radius 1 is 1.56 bits per heavy atom. The second kappa shape index (κ2) is 6.29. The molecular formula is C12H12BrNO2. The number of nitriles is 1. The minimum atomic E-state index is -0.463. The van der Waals surface area contributed by atoms with Crippen LogP contribution < -0.4 is 0 Å². The van der Waals surface area contributed by atoms with Gasteiger partial charge >= 0.3 is 5.97 Å². The highest BCUT2D eigenvalue weighted by molar-refractivity contribution is 9.10. The SMILES string of the molecule is CCOC(=O)C[C@H](C#N)c1ccccc1Br. The van der Waals surface area contributed by atoms with E-state index in [1.807, 2.05) is 24.3 Å². The van der Waals surface area contributed by atoms with E-state index in [1.165, 1.54) is 0 Å². The van der Waals surface area contributed by atoms with Crippen molar-refractivity contribution in [3.05, 3.63) is 34.3 Å². The van der Waals surface area contributed by atoms with Crippen LogP contribution in [0.2, 0.25) is 0 Å². The highest BCUT2D eigenvalue weighted by Crippen LogP contribution is 2.26. The fourth-order valence-corrected chi connectivity index (χ4v) is 1.93. The standard InChI is InChI=1S/C12H12BrNO2/c1-2-16-12(15)7-9(8-14)10-5-3-4-6-11(10)13/h3-6,9H,2,7H2,1H3/t9-/m1/s1. The molecule has 0 N–H and O–H groups in total. The lowest BCUT2D eigenvalue weighted by atomic mass is 9.97. The second-order valence-corrected chi connectivity index (χ2v) is 4.07. The van der Waals surface area contributed by atoms with Gasteiger partial charge in [0.25, 0.3) is 0 Å². The topological polar surface area (TPSA) is 50.1 Å². The summed E-state index contributed by atoms with van der Waals surface area (Å²) < 4.78 is 5.67. The number of hydrogen-bond donors (Lipinski definition) is 0. The van der Waals surface area contributed by atoms with Crippen molar-refractivity contribution in [2.75, 3.05) is 6.61 Å². The lowest BCUT2D eigenvalue weighted by Gasteiger charge is -2.10. The molecular weight excluding hydrogens is 270 g/mol. The number of esters is 1. The predicted octanol–water partition coefficient (Wildman–Crippen LogP) is 3.01. The van der Waals surface area contributed by atoms with Gasteiger partial charge in [0.1, 0.15) is 0 Å². The lowest BCUT2D eigenvalue weighted by molar-refractivity contribution is -0.143. The Bertz CT molecular complexity index is 412. The first-order valence-corrected chi connectivity index (χ1v) is 5.78. The number of carbonyl (C=O) groups is 1. The second-order valence-electron chi connectivity index (χ2n) is 3.21.